The third-order valence-electron chi connectivity index (χ3n) is 1.58. The molecule has 0 aromatic carbocycles. The summed E-state index contributed by atoms with van der Waals surface area (Å²) in [6.45, 7) is 5.07. The highest BCUT2D eigenvalue weighted by Gasteiger charge is 1.98. The monoisotopic (exact) mass is 134 g/mol. The van der Waals surface area contributed by atoms with Crippen LogP contribution in [0, 0.1) is 6.92 Å². The van der Waals surface area contributed by atoms with Crippen molar-refractivity contribution in [3.63, 3.8) is 0 Å². The Balaban J connectivity index is 2.83. The van der Waals surface area contributed by atoms with Crippen molar-refractivity contribution in [1.82, 2.24) is 9.78 Å². The highest BCUT2D eigenvalue weighted by atomic mass is 15.3. The summed E-state index contributed by atoms with van der Waals surface area (Å²) in [4.78, 5) is 0. The van der Waals surface area contributed by atoms with Gasteiger partial charge >= 0.3 is 0 Å². The van der Waals surface area contributed by atoms with Crippen molar-refractivity contribution in [3.8, 4) is 0 Å². The minimum atomic E-state index is 0.786. The molecule has 3 heteroatoms. The topological polar surface area (TPSA) is 17.8 Å². The number of rotatable bonds is 2. The largest absolute Gasteiger partial charge is 0.271 e. The molecule has 0 aliphatic carbocycles. The van der Waals surface area contributed by atoms with Gasteiger partial charge in [-0.25, -0.2) is 0 Å². The highest BCUT2D eigenvalue weighted by molar-refractivity contribution is 6.32. The van der Waals surface area contributed by atoms with E-state index in [4.69, 9.17) is 7.85 Å². The van der Waals surface area contributed by atoms with Crippen molar-refractivity contribution in [3.05, 3.63) is 11.9 Å². The molecule has 0 fully saturated rings. The van der Waals surface area contributed by atoms with Crippen LogP contribution in [-0.4, -0.2) is 17.6 Å². The van der Waals surface area contributed by atoms with E-state index in [1.165, 1.54) is 0 Å². The van der Waals surface area contributed by atoms with Crippen LogP contribution < -0.4 is 5.46 Å². The van der Waals surface area contributed by atoms with Gasteiger partial charge in [-0.05, 0) is 13.3 Å². The Morgan fingerprint density at radius 3 is 2.80 bits per heavy atom. The Morgan fingerprint density at radius 2 is 2.40 bits per heavy atom. The smallest absolute Gasteiger partial charge is 0.118 e. The number of aromatic nitrogens is 2. The second kappa shape index (κ2) is 2.91. The Kier molecular flexibility index (Phi) is 2.15. The Bertz CT molecular complexity index is 217. The number of aryl methyl sites for hydroxylation is 1. The number of hydrogen-bond acceptors (Lipinski definition) is 1. The standard InChI is InChI=1S/C7H11BN2/c1-3-4-10-6(2)7(8)5-9-10/h5H,3-4H2,1-2H3. The average molecular weight is 134 g/mol. The lowest BCUT2D eigenvalue weighted by Crippen LogP contribution is -2.07. The molecule has 1 heterocycles. The molecule has 2 radical (unpaired) electrons. The lowest BCUT2D eigenvalue weighted by molar-refractivity contribution is 0.588. The molecule has 0 aliphatic heterocycles. The summed E-state index contributed by atoms with van der Waals surface area (Å²) in [5.41, 5.74) is 1.86. The van der Waals surface area contributed by atoms with Crippen molar-refractivity contribution in [2.24, 2.45) is 0 Å². The van der Waals surface area contributed by atoms with Crippen LogP contribution in [0.15, 0.2) is 6.20 Å². The van der Waals surface area contributed by atoms with E-state index in [1.807, 2.05) is 11.6 Å². The first-order chi connectivity index (χ1) is 4.75. The van der Waals surface area contributed by atoms with Crippen molar-refractivity contribution in [2.45, 2.75) is 26.8 Å². The minimum Gasteiger partial charge on any atom is -0.271 e. The van der Waals surface area contributed by atoms with Gasteiger partial charge in [-0.3, -0.25) is 4.68 Å². The first-order valence-corrected chi connectivity index (χ1v) is 3.53. The maximum atomic E-state index is 5.59. The van der Waals surface area contributed by atoms with Crippen LogP contribution in [0.5, 0.6) is 0 Å². The third kappa shape index (κ3) is 1.23. The van der Waals surface area contributed by atoms with Crippen LogP contribution in [-0.2, 0) is 6.54 Å². The van der Waals surface area contributed by atoms with Gasteiger partial charge in [0, 0.05) is 18.4 Å². The van der Waals surface area contributed by atoms with Gasteiger partial charge in [-0.15, -0.1) is 0 Å². The van der Waals surface area contributed by atoms with E-state index in [2.05, 4.69) is 12.0 Å². The van der Waals surface area contributed by atoms with Crippen LogP contribution in [0.25, 0.3) is 0 Å². The van der Waals surface area contributed by atoms with E-state index in [0.717, 1.165) is 24.1 Å². The van der Waals surface area contributed by atoms with Crippen molar-refractivity contribution >= 4 is 13.3 Å². The fourth-order valence-corrected chi connectivity index (χ4v) is 0.898. The number of nitrogens with zero attached hydrogens (tertiary/aromatic N) is 2. The molecular weight excluding hydrogens is 123 g/mol. The molecule has 0 saturated heterocycles. The second-order valence-electron chi connectivity index (χ2n) is 2.41. The molecule has 2 nitrogen and oxygen atoms in total. The van der Waals surface area contributed by atoms with Gasteiger partial charge in [0.25, 0.3) is 0 Å². The molecular formula is C7H11BN2. The van der Waals surface area contributed by atoms with Crippen LogP contribution in [0.2, 0.25) is 0 Å². The van der Waals surface area contributed by atoms with Crippen LogP contribution in [0.3, 0.4) is 0 Å². The Hall–Kier alpha value is -0.725. The first kappa shape index (κ1) is 7.38. The van der Waals surface area contributed by atoms with E-state index < -0.39 is 0 Å². The van der Waals surface area contributed by atoms with Crippen LogP contribution in [0.4, 0.5) is 0 Å². The second-order valence-corrected chi connectivity index (χ2v) is 2.41. The average Bonchev–Trinajstić information content (AvgIpc) is 2.20. The van der Waals surface area contributed by atoms with Crippen molar-refractivity contribution in [2.75, 3.05) is 0 Å². The minimum absolute atomic E-state index is 0.786. The maximum absolute atomic E-state index is 5.59. The van der Waals surface area contributed by atoms with Gasteiger partial charge < -0.3 is 0 Å². The lowest BCUT2D eigenvalue weighted by Gasteiger charge is -2.00. The van der Waals surface area contributed by atoms with E-state index in [-0.39, 0.29) is 0 Å². The van der Waals surface area contributed by atoms with Gasteiger partial charge in [0.05, 0.1) is 0 Å². The molecule has 1 aromatic heterocycles. The molecule has 0 bridgehead atoms. The highest BCUT2D eigenvalue weighted by Crippen LogP contribution is 1.93. The maximum Gasteiger partial charge on any atom is 0.118 e. The quantitative estimate of drug-likeness (QED) is 0.535. The van der Waals surface area contributed by atoms with Crippen LogP contribution in [0.1, 0.15) is 19.0 Å². The summed E-state index contributed by atoms with van der Waals surface area (Å²) in [6, 6.07) is 0. The van der Waals surface area contributed by atoms with E-state index >= 15 is 0 Å². The molecule has 1 aromatic rings. The molecule has 0 atom stereocenters. The molecule has 52 valence electrons. The van der Waals surface area contributed by atoms with Crippen LogP contribution >= 0.6 is 0 Å². The first-order valence-electron chi connectivity index (χ1n) is 3.53. The molecule has 0 amide bonds. The zero-order valence-electron chi connectivity index (χ0n) is 6.46. The predicted molar refractivity (Wildman–Crippen MR) is 42.6 cm³/mol. The predicted octanol–water partition coefficient (Wildman–Crippen LogP) is 0.395. The van der Waals surface area contributed by atoms with Gasteiger partial charge in [0.2, 0.25) is 0 Å². The van der Waals surface area contributed by atoms with E-state index in [0.29, 0.717) is 0 Å². The normalized spacial score (nSPS) is 10.2. The van der Waals surface area contributed by atoms with Gasteiger partial charge in [-0.2, -0.15) is 5.10 Å². The zero-order valence-corrected chi connectivity index (χ0v) is 6.46. The lowest BCUT2D eigenvalue weighted by atomic mass is 9.98. The fraction of sp³-hybridized carbons (Fsp3) is 0.571. The molecule has 0 spiro atoms. The summed E-state index contributed by atoms with van der Waals surface area (Å²) in [5.74, 6) is 0. The zero-order chi connectivity index (χ0) is 7.56. The van der Waals surface area contributed by atoms with Gasteiger partial charge in [0.15, 0.2) is 0 Å². The molecule has 0 N–H and O–H groups in total. The van der Waals surface area contributed by atoms with Gasteiger partial charge in [-0.1, -0.05) is 12.4 Å². The Morgan fingerprint density at radius 1 is 1.70 bits per heavy atom. The molecule has 0 unspecified atom stereocenters. The van der Waals surface area contributed by atoms with Crippen molar-refractivity contribution < 1.29 is 0 Å². The van der Waals surface area contributed by atoms with Crippen molar-refractivity contribution in [1.29, 1.82) is 0 Å². The molecule has 10 heavy (non-hydrogen) atoms. The third-order valence-corrected chi connectivity index (χ3v) is 1.58. The van der Waals surface area contributed by atoms with Gasteiger partial charge in [0.1, 0.15) is 7.85 Å². The summed E-state index contributed by atoms with van der Waals surface area (Å²) < 4.78 is 1.93. The fourth-order valence-electron chi connectivity index (χ4n) is 0.898. The summed E-state index contributed by atoms with van der Waals surface area (Å²) in [5, 5.41) is 4.10. The molecule has 1 rings (SSSR count). The summed E-state index contributed by atoms with van der Waals surface area (Å²) in [6.07, 6.45) is 2.80. The van der Waals surface area contributed by atoms with E-state index in [9.17, 15) is 0 Å². The molecule has 0 saturated carbocycles. The van der Waals surface area contributed by atoms with E-state index in [1.54, 1.807) is 6.20 Å². The SMILES string of the molecule is [B]c1cnn(CCC)c1C. The summed E-state index contributed by atoms with van der Waals surface area (Å²) in [7, 11) is 5.59. The molecule has 0 aliphatic rings. The number of hydrogen-bond donors (Lipinski definition) is 0. The Labute approximate surface area is 62.7 Å². The summed E-state index contributed by atoms with van der Waals surface area (Å²) >= 11 is 0.